The number of carbonyl (C=O) groups is 2. The van der Waals surface area contributed by atoms with Crippen molar-refractivity contribution in [2.45, 2.75) is 25.8 Å². The van der Waals surface area contributed by atoms with Gasteiger partial charge in [-0.15, -0.1) is 0 Å². The molecule has 1 fully saturated rings. The van der Waals surface area contributed by atoms with Crippen molar-refractivity contribution in [1.82, 2.24) is 4.90 Å². The first kappa shape index (κ1) is 14.7. The van der Waals surface area contributed by atoms with Crippen LogP contribution in [0.4, 0.5) is 0 Å². The Morgan fingerprint density at radius 3 is 2.50 bits per heavy atom. The highest BCUT2D eigenvalue weighted by atomic mass is 32.2. The standard InChI is InChI=1S/C11H17NO5S/c1-2-6-12(10(13)3-4-11(14)15)9-5-7-18(16,17)8-9/h3-4,9H,2,5-8H2,1H3,(H,14,15). The molecule has 1 saturated heterocycles. The van der Waals surface area contributed by atoms with Gasteiger partial charge >= 0.3 is 5.97 Å². The van der Waals surface area contributed by atoms with E-state index in [9.17, 15) is 18.0 Å². The van der Waals surface area contributed by atoms with E-state index in [0.29, 0.717) is 19.4 Å². The second-order valence-corrected chi connectivity index (χ2v) is 6.49. The second kappa shape index (κ2) is 5.99. The van der Waals surface area contributed by atoms with E-state index in [1.807, 2.05) is 6.92 Å². The fourth-order valence-corrected chi connectivity index (χ4v) is 3.70. The zero-order chi connectivity index (χ0) is 13.8. The van der Waals surface area contributed by atoms with E-state index < -0.39 is 21.7 Å². The van der Waals surface area contributed by atoms with Crippen LogP contribution in [0.5, 0.6) is 0 Å². The predicted octanol–water partition coefficient (Wildman–Crippen LogP) is 0.0529. The molecule has 0 bridgehead atoms. The molecule has 7 heteroatoms. The Bertz CT molecular complexity index is 454. The lowest BCUT2D eigenvalue weighted by Gasteiger charge is -2.26. The number of nitrogens with zero attached hydrogens (tertiary/aromatic N) is 1. The van der Waals surface area contributed by atoms with Gasteiger partial charge in [0, 0.05) is 24.7 Å². The monoisotopic (exact) mass is 275 g/mol. The van der Waals surface area contributed by atoms with Crippen molar-refractivity contribution < 1.29 is 23.1 Å². The van der Waals surface area contributed by atoms with Crippen LogP contribution in [0.15, 0.2) is 12.2 Å². The van der Waals surface area contributed by atoms with Crippen LogP contribution in [0.3, 0.4) is 0 Å². The molecular formula is C11H17NO5S. The molecule has 0 aromatic carbocycles. The van der Waals surface area contributed by atoms with Gasteiger partial charge in [-0.3, -0.25) is 4.79 Å². The summed E-state index contributed by atoms with van der Waals surface area (Å²) < 4.78 is 22.8. The van der Waals surface area contributed by atoms with Crippen molar-refractivity contribution in [3.63, 3.8) is 0 Å². The Kier molecular flexibility index (Phi) is 4.89. The maximum absolute atomic E-state index is 11.8. The molecule has 0 aliphatic carbocycles. The lowest BCUT2D eigenvalue weighted by Crippen LogP contribution is -2.40. The zero-order valence-corrected chi connectivity index (χ0v) is 11.0. The maximum Gasteiger partial charge on any atom is 0.328 e. The number of hydrogen-bond donors (Lipinski definition) is 1. The molecule has 0 saturated carbocycles. The van der Waals surface area contributed by atoms with Gasteiger partial charge in [0.15, 0.2) is 9.84 Å². The van der Waals surface area contributed by atoms with Crippen LogP contribution in [-0.4, -0.2) is 54.4 Å². The second-order valence-electron chi connectivity index (χ2n) is 4.26. The van der Waals surface area contributed by atoms with Crippen molar-refractivity contribution in [3.05, 3.63) is 12.2 Å². The summed E-state index contributed by atoms with van der Waals surface area (Å²) in [6, 6.07) is -0.333. The Balaban J connectivity index is 2.77. The molecule has 0 aromatic rings. The molecule has 1 amide bonds. The van der Waals surface area contributed by atoms with Gasteiger partial charge in [0.25, 0.3) is 0 Å². The number of rotatable bonds is 5. The van der Waals surface area contributed by atoms with Gasteiger partial charge in [-0.05, 0) is 12.8 Å². The summed E-state index contributed by atoms with van der Waals surface area (Å²) in [5, 5.41) is 8.47. The highest BCUT2D eigenvalue weighted by Gasteiger charge is 2.33. The number of amides is 1. The van der Waals surface area contributed by atoms with Crippen molar-refractivity contribution >= 4 is 21.7 Å². The minimum atomic E-state index is -3.06. The van der Waals surface area contributed by atoms with E-state index in [1.165, 1.54) is 4.90 Å². The summed E-state index contributed by atoms with van der Waals surface area (Å²) in [5.74, 6) is -1.58. The predicted molar refractivity (Wildman–Crippen MR) is 65.8 cm³/mol. The third-order valence-electron chi connectivity index (χ3n) is 2.77. The maximum atomic E-state index is 11.8. The van der Waals surface area contributed by atoms with E-state index in [2.05, 4.69) is 0 Å². The van der Waals surface area contributed by atoms with E-state index in [0.717, 1.165) is 12.2 Å². The highest BCUT2D eigenvalue weighted by molar-refractivity contribution is 7.91. The van der Waals surface area contributed by atoms with E-state index >= 15 is 0 Å². The van der Waals surface area contributed by atoms with Crippen molar-refractivity contribution in [1.29, 1.82) is 0 Å². The molecule has 1 aliphatic heterocycles. The van der Waals surface area contributed by atoms with Gasteiger partial charge in [-0.2, -0.15) is 0 Å². The van der Waals surface area contributed by atoms with E-state index in [4.69, 9.17) is 5.11 Å². The average molecular weight is 275 g/mol. The number of sulfone groups is 1. The summed E-state index contributed by atoms with van der Waals surface area (Å²) in [4.78, 5) is 23.6. The Morgan fingerprint density at radius 1 is 1.39 bits per heavy atom. The molecule has 1 N–H and O–H groups in total. The lowest BCUT2D eigenvalue weighted by atomic mass is 10.2. The highest BCUT2D eigenvalue weighted by Crippen LogP contribution is 2.18. The molecule has 1 rings (SSSR count). The van der Waals surface area contributed by atoms with Gasteiger partial charge in [-0.25, -0.2) is 13.2 Å². The molecule has 0 aromatic heterocycles. The molecule has 1 heterocycles. The molecule has 102 valence electrons. The summed E-state index contributed by atoms with van der Waals surface area (Å²) in [6.07, 6.45) is 2.87. The van der Waals surface area contributed by atoms with Crippen LogP contribution in [0.25, 0.3) is 0 Å². The van der Waals surface area contributed by atoms with E-state index in [1.54, 1.807) is 0 Å². The lowest BCUT2D eigenvalue weighted by molar-refractivity contribution is -0.132. The largest absolute Gasteiger partial charge is 0.478 e. The summed E-state index contributed by atoms with van der Waals surface area (Å²) in [6.45, 7) is 2.31. The number of carbonyl (C=O) groups excluding carboxylic acids is 1. The van der Waals surface area contributed by atoms with Gasteiger partial charge in [-0.1, -0.05) is 6.92 Å². The Morgan fingerprint density at radius 2 is 2.06 bits per heavy atom. The molecular weight excluding hydrogens is 258 g/mol. The minimum Gasteiger partial charge on any atom is -0.478 e. The Hall–Kier alpha value is -1.37. The summed E-state index contributed by atoms with van der Waals surface area (Å²) in [7, 11) is -3.06. The van der Waals surface area contributed by atoms with Gasteiger partial charge < -0.3 is 10.0 Å². The van der Waals surface area contributed by atoms with Crippen LogP contribution < -0.4 is 0 Å². The normalized spacial score (nSPS) is 22.2. The van der Waals surface area contributed by atoms with Crippen LogP contribution in [0.2, 0.25) is 0 Å². The van der Waals surface area contributed by atoms with Crippen molar-refractivity contribution in [3.8, 4) is 0 Å². The third-order valence-corrected chi connectivity index (χ3v) is 4.52. The van der Waals surface area contributed by atoms with E-state index in [-0.39, 0.29) is 17.5 Å². The average Bonchev–Trinajstić information content (AvgIpc) is 2.63. The first-order valence-electron chi connectivity index (χ1n) is 5.77. The SMILES string of the molecule is CCCN(C(=O)C=CC(=O)O)C1CCS(=O)(=O)C1. The number of carboxylic acids is 1. The van der Waals surface area contributed by atoms with Crippen LogP contribution in [-0.2, 0) is 19.4 Å². The topological polar surface area (TPSA) is 91.8 Å². The molecule has 18 heavy (non-hydrogen) atoms. The fraction of sp³-hybridized carbons (Fsp3) is 0.636. The van der Waals surface area contributed by atoms with Crippen LogP contribution in [0, 0.1) is 0 Å². The van der Waals surface area contributed by atoms with Crippen molar-refractivity contribution in [2.75, 3.05) is 18.1 Å². The van der Waals surface area contributed by atoms with Gasteiger partial charge in [0.1, 0.15) is 0 Å². The first-order valence-corrected chi connectivity index (χ1v) is 7.60. The fourth-order valence-electron chi connectivity index (χ4n) is 1.97. The zero-order valence-electron chi connectivity index (χ0n) is 10.2. The Labute approximate surface area is 106 Å². The molecule has 0 radical (unpaired) electrons. The van der Waals surface area contributed by atoms with Crippen molar-refractivity contribution in [2.24, 2.45) is 0 Å². The number of aliphatic carboxylic acids is 1. The first-order chi connectivity index (χ1) is 8.35. The smallest absolute Gasteiger partial charge is 0.328 e. The molecule has 0 spiro atoms. The molecule has 1 aliphatic rings. The number of hydrogen-bond acceptors (Lipinski definition) is 4. The summed E-state index contributed by atoms with van der Waals surface area (Å²) in [5.41, 5.74) is 0. The van der Waals surface area contributed by atoms with Gasteiger partial charge in [0.2, 0.25) is 5.91 Å². The van der Waals surface area contributed by atoms with Crippen LogP contribution >= 0.6 is 0 Å². The van der Waals surface area contributed by atoms with Gasteiger partial charge in [0.05, 0.1) is 11.5 Å². The van der Waals surface area contributed by atoms with Crippen LogP contribution in [0.1, 0.15) is 19.8 Å². The number of carboxylic acid groups (broad SMARTS) is 1. The molecule has 1 atom stereocenters. The quantitative estimate of drug-likeness (QED) is 0.716. The molecule has 6 nitrogen and oxygen atoms in total. The third kappa shape index (κ3) is 4.14. The minimum absolute atomic E-state index is 0.0281. The summed E-state index contributed by atoms with van der Waals surface area (Å²) >= 11 is 0. The molecule has 1 unspecified atom stereocenters.